The van der Waals surface area contributed by atoms with Gasteiger partial charge in [-0.2, -0.15) is 0 Å². The first-order valence-electron chi connectivity index (χ1n) is 7.88. The van der Waals surface area contributed by atoms with Crippen molar-refractivity contribution in [3.8, 4) is 5.75 Å². The van der Waals surface area contributed by atoms with Crippen LogP contribution in [0.15, 0.2) is 24.3 Å². The van der Waals surface area contributed by atoms with E-state index in [0.29, 0.717) is 23.9 Å². The van der Waals surface area contributed by atoms with Crippen molar-refractivity contribution in [1.29, 1.82) is 0 Å². The van der Waals surface area contributed by atoms with Crippen LogP contribution in [-0.4, -0.2) is 30.6 Å². The normalized spacial score (nSPS) is 29.6. The fraction of sp³-hybridized carbons (Fsp3) is 0.647. The minimum atomic E-state index is 0.330. The Morgan fingerprint density at radius 3 is 2.65 bits per heavy atom. The zero-order valence-corrected chi connectivity index (χ0v) is 12.6. The number of ether oxygens (including phenoxy) is 1. The summed E-state index contributed by atoms with van der Waals surface area (Å²) in [4.78, 5) is 2.64. The average molecular weight is 274 g/mol. The Bertz CT molecular complexity index is 452. The molecule has 2 N–H and O–H groups in total. The summed E-state index contributed by atoms with van der Waals surface area (Å²) in [5, 5.41) is 0. The van der Waals surface area contributed by atoms with Crippen LogP contribution in [0.25, 0.3) is 0 Å². The number of piperidine rings is 1. The summed E-state index contributed by atoms with van der Waals surface area (Å²) in [6, 6.07) is 9.36. The zero-order valence-electron chi connectivity index (χ0n) is 12.6. The van der Waals surface area contributed by atoms with Gasteiger partial charge in [0.15, 0.2) is 0 Å². The molecule has 3 nitrogen and oxygen atoms in total. The number of hydrogen-bond donors (Lipinski definition) is 1. The Kier molecular flexibility index (Phi) is 3.99. The highest BCUT2D eigenvalue weighted by atomic mass is 16.5. The Balaban J connectivity index is 1.77. The largest absolute Gasteiger partial charge is 0.493 e. The maximum Gasteiger partial charge on any atom is 0.124 e. The first kappa shape index (κ1) is 13.9. The quantitative estimate of drug-likeness (QED) is 0.901. The van der Waals surface area contributed by atoms with Gasteiger partial charge in [-0.05, 0) is 44.8 Å². The Morgan fingerprint density at radius 2 is 1.95 bits per heavy atom. The molecule has 0 aromatic heterocycles. The molecule has 0 bridgehead atoms. The van der Waals surface area contributed by atoms with Crippen LogP contribution in [0.1, 0.15) is 38.3 Å². The van der Waals surface area contributed by atoms with Gasteiger partial charge in [0.1, 0.15) is 5.75 Å². The molecule has 3 unspecified atom stereocenters. The van der Waals surface area contributed by atoms with Gasteiger partial charge < -0.3 is 10.5 Å². The molecule has 1 aromatic carbocycles. The third-order valence-corrected chi connectivity index (χ3v) is 4.99. The number of rotatable bonds is 2. The predicted octanol–water partition coefficient (Wildman–Crippen LogP) is 2.82. The third-order valence-electron chi connectivity index (χ3n) is 4.99. The van der Waals surface area contributed by atoms with Crippen LogP contribution in [0.4, 0.5) is 0 Å². The molecule has 2 aliphatic heterocycles. The van der Waals surface area contributed by atoms with Gasteiger partial charge in [-0.15, -0.1) is 0 Å². The van der Waals surface area contributed by atoms with E-state index in [4.69, 9.17) is 10.5 Å². The molecule has 110 valence electrons. The number of hydrogen-bond acceptors (Lipinski definition) is 3. The highest BCUT2D eigenvalue weighted by molar-refractivity contribution is 5.38. The van der Waals surface area contributed by atoms with Gasteiger partial charge in [0.25, 0.3) is 0 Å². The van der Waals surface area contributed by atoms with Gasteiger partial charge in [-0.1, -0.05) is 25.1 Å². The number of nitrogens with zero attached hydrogens (tertiary/aromatic N) is 1. The second kappa shape index (κ2) is 5.74. The van der Waals surface area contributed by atoms with Gasteiger partial charge in [-0.25, -0.2) is 0 Å². The predicted molar refractivity (Wildman–Crippen MR) is 81.8 cm³/mol. The molecule has 20 heavy (non-hydrogen) atoms. The Hall–Kier alpha value is -1.06. The second-order valence-corrected chi connectivity index (χ2v) is 6.50. The number of nitrogens with two attached hydrogens (primary N) is 1. The molecule has 0 amide bonds. The van der Waals surface area contributed by atoms with Crippen molar-refractivity contribution >= 4 is 0 Å². The van der Waals surface area contributed by atoms with Gasteiger partial charge >= 0.3 is 0 Å². The standard InChI is InChI=1S/C17H26N2O/c1-12-11-20-16-6-4-3-5-15(16)17(12)19-9-7-14(8-10-19)13(2)18/h3-6,12-14,17H,7-11,18H2,1-2H3. The van der Waals surface area contributed by atoms with Crippen LogP contribution in [0, 0.1) is 11.8 Å². The molecule has 2 heterocycles. The minimum Gasteiger partial charge on any atom is -0.493 e. The van der Waals surface area contributed by atoms with Crippen molar-refractivity contribution < 1.29 is 4.74 Å². The van der Waals surface area contributed by atoms with E-state index in [-0.39, 0.29) is 0 Å². The van der Waals surface area contributed by atoms with Gasteiger partial charge in [0.2, 0.25) is 0 Å². The topological polar surface area (TPSA) is 38.5 Å². The molecule has 3 atom stereocenters. The molecule has 1 fully saturated rings. The lowest BCUT2D eigenvalue weighted by Crippen LogP contribution is -2.44. The summed E-state index contributed by atoms with van der Waals surface area (Å²) in [5.41, 5.74) is 7.42. The van der Waals surface area contributed by atoms with Gasteiger partial charge in [-0.3, -0.25) is 4.90 Å². The summed E-state index contributed by atoms with van der Waals surface area (Å²) < 4.78 is 5.87. The fourth-order valence-corrected chi connectivity index (χ4v) is 3.76. The number of para-hydroxylation sites is 1. The smallest absolute Gasteiger partial charge is 0.124 e. The van der Waals surface area contributed by atoms with Crippen LogP contribution in [0.5, 0.6) is 5.75 Å². The van der Waals surface area contributed by atoms with Gasteiger partial charge in [0.05, 0.1) is 6.61 Å². The van der Waals surface area contributed by atoms with Crippen LogP contribution >= 0.6 is 0 Å². The highest BCUT2D eigenvalue weighted by Crippen LogP contribution is 2.40. The molecular weight excluding hydrogens is 248 g/mol. The molecule has 2 aliphatic rings. The summed E-state index contributed by atoms with van der Waals surface area (Å²) in [6.45, 7) is 7.60. The van der Waals surface area contributed by atoms with E-state index in [2.05, 4.69) is 43.0 Å². The Morgan fingerprint density at radius 1 is 1.25 bits per heavy atom. The maximum absolute atomic E-state index is 6.06. The first-order chi connectivity index (χ1) is 9.66. The van der Waals surface area contributed by atoms with Crippen molar-refractivity contribution in [3.05, 3.63) is 29.8 Å². The third kappa shape index (κ3) is 2.57. The number of benzene rings is 1. The van der Waals surface area contributed by atoms with Crippen molar-refractivity contribution in [2.75, 3.05) is 19.7 Å². The van der Waals surface area contributed by atoms with Crippen molar-refractivity contribution in [2.24, 2.45) is 17.6 Å². The van der Waals surface area contributed by atoms with Crippen LogP contribution < -0.4 is 10.5 Å². The summed E-state index contributed by atoms with van der Waals surface area (Å²) in [6.07, 6.45) is 2.45. The molecule has 0 radical (unpaired) electrons. The van der Waals surface area contributed by atoms with E-state index in [1.807, 2.05) is 0 Å². The zero-order chi connectivity index (χ0) is 14.1. The van der Waals surface area contributed by atoms with Crippen LogP contribution in [0.3, 0.4) is 0 Å². The summed E-state index contributed by atoms with van der Waals surface area (Å²) in [5.74, 6) is 2.32. The molecule has 1 aromatic rings. The summed E-state index contributed by atoms with van der Waals surface area (Å²) in [7, 11) is 0. The lowest BCUT2D eigenvalue weighted by atomic mass is 9.85. The maximum atomic E-state index is 6.06. The van der Waals surface area contributed by atoms with E-state index in [9.17, 15) is 0 Å². The molecule has 3 rings (SSSR count). The first-order valence-corrected chi connectivity index (χ1v) is 7.88. The Labute approximate surface area is 122 Å². The molecular formula is C17H26N2O. The lowest BCUT2D eigenvalue weighted by molar-refractivity contribution is 0.0580. The monoisotopic (exact) mass is 274 g/mol. The minimum absolute atomic E-state index is 0.330. The van der Waals surface area contributed by atoms with Crippen LogP contribution in [0.2, 0.25) is 0 Å². The van der Waals surface area contributed by atoms with Crippen molar-refractivity contribution in [2.45, 2.75) is 38.8 Å². The highest BCUT2D eigenvalue weighted by Gasteiger charge is 2.34. The SMILES string of the molecule is CC(N)C1CCN(C2c3ccccc3OCC2C)CC1. The number of fused-ring (bicyclic) bond motifs is 1. The number of likely N-dealkylation sites (tertiary alicyclic amines) is 1. The van der Waals surface area contributed by atoms with Gasteiger partial charge in [0, 0.05) is 23.6 Å². The molecule has 0 saturated carbocycles. The second-order valence-electron chi connectivity index (χ2n) is 6.50. The lowest BCUT2D eigenvalue weighted by Gasteiger charge is -2.43. The molecule has 3 heteroatoms. The molecule has 0 aliphatic carbocycles. The molecule has 1 saturated heterocycles. The fourth-order valence-electron chi connectivity index (χ4n) is 3.76. The van der Waals surface area contributed by atoms with Crippen molar-refractivity contribution in [1.82, 2.24) is 4.90 Å². The van der Waals surface area contributed by atoms with E-state index >= 15 is 0 Å². The van der Waals surface area contributed by atoms with E-state index in [1.54, 1.807) is 0 Å². The average Bonchev–Trinajstić information content (AvgIpc) is 2.47. The van der Waals surface area contributed by atoms with Crippen LogP contribution in [-0.2, 0) is 0 Å². The van der Waals surface area contributed by atoms with Crippen molar-refractivity contribution in [3.63, 3.8) is 0 Å². The van der Waals surface area contributed by atoms with E-state index in [0.717, 1.165) is 25.4 Å². The summed E-state index contributed by atoms with van der Waals surface area (Å²) >= 11 is 0. The molecule has 0 spiro atoms. The van der Waals surface area contributed by atoms with E-state index < -0.39 is 0 Å². The van der Waals surface area contributed by atoms with E-state index in [1.165, 1.54) is 18.4 Å².